The van der Waals surface area contributed by atoms with Crippen molar-refractivity contribution >= 4 is 11.8 Å². The lowest BCUT2D eigenvalue weighted by atomic mass is 10.6. The Bertz CT molecular complexity index is 120. The van der Waals surface area contributed by atoms with Crippen molar-refractivity contribution in [2.45, 2.75) is 0 Å². The standard InChI is InChI=1S/C3H7N3O2/c4-1-6-2(5)3(7)8/h1,4H2,(H2,5,6)(H,7,8). The summed E-state index contributed by atoms with van der Waals surface area (Å²) in [5.74, 6) is -1.69. The predicted molar refractivity (Wildman–Crippen MR) is 28.3 cm³/mol. The maximum absolute atomic E-state index is 9.78. The quantitative estimate of drug-likeness (QED) is 0.282. The predicted octanol–water partition coefficient (Wildman–Crippen LogP) is -1.66. The van der Waals surface area contributed by atoms with Gasteiger partial charge in [0.2, 0.25) is 5.84 Å². The highest BCUT2D eigenvalue weighted by atomic mass is 16.4. The number of amidine groups is 1. The van der Waals surface area contributed by atoms with E-state index in [9.17, 15) is 4.79 Å². The number of carboxylic acids is 1. The Labute approximate surface area is 46.0 Å². The van der Waals surface area contributed by atoms with E-state index >= 15 is 0 Å². The molecule has 0 aliphatic heterocycles. The summed E-state index contributed by atoms with van der Waals surface area (Å²) in [6.07, 6.45) is 0. The third kappa shape index (κ3) is 2.14. The first kappa shape index (κ1) is 6.90. The molecule has 0 aromatic rings. The summed E-state index contributed by atoms with van der Waals surface area (Å²) in [6, 6.07) is 0. The van der Waals surface area contributed by atoms with E-state index in [4.69, 9.17) is 16.6 Å². The van der Waals surface area contributed by atoms with Crippen LogP contribution < -0.4 is 11.5 Å². The van der Waals surface area contributed by atoms with Crippen molar-refractivity contribution in [2.24, 2.45) is 16.5 Å². The van der Waals surface area contributed by atoms with E-state index in [1.807, 2.05) is 0 Å². The Morgan fingerprint density at radius 1 is 1.75 bits per heavy atom. The molecule has 0 unspecified atom stereocenters. The van der Waals surface area contributed by atoms with E-state index in [-0.39, 0.29) is 6.67 Å². The SMILES string of the molecule is NCN=C(N)C(=O)O. The van der Waals surface area contributed by atoms with Crippen LogP contribution in [0.25, 0.3) is 0 Å². The average Bonchev–Trinajstić information content (AvgIpc) is 1.67. The van der Waals surface area contributed by atoms with Gasteiger partial charge in [0.25, 0.3) is 0 Å². The molecule has 0 heterocycles. The summed E-state index contributed by atoms with van der Waals surface area (Å²) in [6.45, 7) is -0.0852. The van der Waals surface area contributed by atoms with Gasteiger partial charge in [-0.25, -0.2) is 9.79 Å². The molecule has 0 aliphatic carbocycles. The lowest BCUT2D eigenvalue weighted by Crippen LogP contribution is -2.24. The van der Waals surface area contributed by atoms with Crippen LogP contribution in [0.3, 0.4) is 0 Å². The van der Waals surface area contributed by atoms with Crippen molar-refractivity contribution in [2.75, 3.05) is 6.67 Å². The van der Waals surface area contributed by atoms with E-state index in [1.54, 1.807) is 0 Å². The molecule has 0 bridgehead atoms. The zero-order valence-electron chi connectivity index (χ0n) is 4.16. The van der Waals surface area contributed by atoms with Gasteiger partial charge in [-0.15, -0.1) is 0 Å². The second kappa shape index (κ2) is 2.98. The minimum Gasteiger partial charge on any atom is -0.475 e. The monoisotopic (exact) mass is 117 g/mol. The maximum Gasteiger partial charge on any atom is 0.370 e. The minimum absolute atomic E-state index is 0.0852. The maximum atomic E-state index is 9.78. The average molecular weight is 117 g/mol. The second-order valence-electron chi connectivity index (χ2n) is 1.03. The Hall–Kier alpha value is -1.10. The largest absolute Gasteiger partial charge is 0.475 e. The molecular formula is C3H7N3O2. The van der Waals surface area contributed by atoms with E-state index in [0.29, 0.717) is 0 Å². The number of carbonyl (C=O) groups is 1. The zero-order valence-corrected chi connectivity index (χ0v) is 4.16. The van der Waals surface area contributed by atoms with Gasteiger partial charge in [0.1, 0.15) is 0 Å². The summed E-state index contributed by atoms with van der Waals surface area (Å²) in [7, 11) is 0. The molecule has 0 aliphatic rings. The Balaban J connectivity index is 3.80. The van der Waals surface area contributed by atoms with Crippen LogP contribution in [-0.2, 0) is 4.79 Å². The van der Waals surface area contributed by atoms with E-state index in [1.165, 1.54) is 0 Å². The molecule has 8 heavy (non-hydrogen) atoms. The van der Waals surface area contributed by atoms with Crippen molar-refractivity contribution in [3.05, 3.63) is 0 Å². The molecule has 0 saturated carbocycles. The molecule has 0 atom stereocenters. The molecule has 0 radical (unpaired) electrons. The second-order valence-corrected chi connectivity index (χ2v) is 1.03. The first-order chi connectivity index (χ1) is 3.68. The molecule has 46 valence electrons. The van der Waals surface area contributed by atoms with Crippen molar-refractivity contribution in [1.29, 1.82) is 0 Å². The number of nitrogens with two attached hydrogens (primary N) is 2. The number of hydrogen-bond acceptors (Lipinski definition) is 3. The molecule has 0 amide bonds. The molecule has 0 spiro atoms. The highest BCUT2D eigenvalue weighted by Crippen LogP contribution is 1.64. The number of rotatable bonds is 1. The van der Waals surface area contributed by atoms with Gasteiger partial charge in [-0.2, -0.15) is 0 Å². The lowest BCUT2D eigenvalue weighted by Gasteiger charge is -1.87. The summed E-state index contributed by atoms with van der Waals surface area (Å²) in [5, 5.41) is 8.00. The molecule has 0 fully saturated rings. The van der Waals surface area contributed by atoms with Gasteiger partial charge in [-0.05, 0) is 0 Å². The van der Waals surface area contributed by atoms with Crippen LogP contribution in [0.4, 0.5) is 0 Å². The first-order valence-corrected chi connectivity index (χ1v) is 1.91. The third-order valence-electron chi connectivity index (χ3n) is 0.481. The number of nitrogens with zero attached hydrogens (tertiary/aromatic N) is 1. The normalized spacial score (nSPS) is 11.4. The van der Waals surface area contributed by atoms with Crippen LogP contribution in [-0.4, -0.2) is 23.6 Å². The van der Waals surface area contributed by atoms with Crippen LogP contribution in [0, 0.1) is 0 Å². The van der Waals surface area contributed by atoms with Crippen LogP contribution >= 0.6 is 0 Å². The summed E-state index contributed by atoms with van der Waals surface area (Å²) in [4.78, 5) is 13.0. The van der Waals surface area contributed by atoms with Crippen LogP contribution in [0.1, 0.15) is 0 Å². The Morgan fingerprint density at radius 3 is 2.38 bits per heavy atom. The lowest BCUT2D eigenvalue weighted by molar-refractivity contribution is -0.129. The molecule has 5 nitrogen and oxygen atoms in total. The fourth-order valence-electron chi connectivity index (χ4n) is 0.166. The summed E-state index contributed by atoms with van der Waals surface area (Å²) >= 11 is 0. The fraction of sp³-hybridized carbons (Fsp3) is 0.333. The number of aliphatic carboxylic acids is 1. The minimum atomic E-state index is -1.24. The Kier molecular flexibility index (Phi) is 2.57. The highest BCUT2D eigenvalue weighted by Gasteiger charge is 1.98. The number of aliphatic imine (C=N–C) groups is 1. The van der Waals surface area contributed by atoms with Gasteiger partial charge in [-0.3, -0.25) is 0 Å². The number of hydrogen-bond donors (Lipinski definition) is 3. The van der Waals surface area contributed by atoms with Crippen molar-refractivity contribution < 1.29 is 9.90 Å². The summed E-state index contributed by atoms with van der Waals surface area (Å²) < 4.78 is 0. The van der Waals surface area contributed by atoms with Crippen LogP contribution in [0.5, 0.6) is 0 Å². The number of carboxylic acid groups (broad SMARTS) is 1. The van der Waals surface area contributed by atoms with Crippen molar-refractivity contribution in [3.63, 3.8) is 0 Å². The molecule has 0 aromatic heterocycles. The topological polar surface area (TPSA) is 102 Å². The van der Waals surface area contributed by atoms with E-state index in [2.05, 4.69) is 4.99 Å². The van der Waals surface area contributed by atoms with Gasteiger partial charge in [0.15, 0.2) is 0 Å². The first-order valence-electron chi connectivity index (χ1n) is 1.91. The van der Waals surface area contributed by atoms with Gasteiger partial charge in [-0.1, -0.05) is 0 Å². The molecule has 0 saturated heterocycles. The van der Waals surface area contributed by atoms with Gasteiger partial charge in [0, 0.05) is 0 Å². The fourth-order valence-corrected chi connectivity index (χ4v) is 0.166. The van der Waals surface area contributed by atoms with Gasteiger partial charge < -0.3 is 16.6 Å². The molecule has 5 heteroatoms. The third-order valence-corrected chi connectivity index (χ3v) is 0.481. The van der Waals surface area contributed by atoms with E-state index < -0.39 is 11.8 Å². The van der Waals surface area contributed by atoms with E-state index in [0.717, 1.165) is 0 Å². The highest BCUT2D eigenvalue weighted by molar-refractivity contribution is 6.33. The van der Waals surface area contributed by atoms with Crippen molar-refractivity contribution in [3.8, 4) is 0 Å². The smallest absolute Gasteiger partial charge is 0.370 e. The molecular weight excluding hydrogens is 110 g/mol. The molecule has 5 N–H and O–H groups in total. The Morgan fingerprint density at radius 2 is 2.25 bits per heavy atom. The van der Waals surface area contributed by atoms with Crippen molar-refractivity contribution in [1.82, 2.24) is 0 Å². The zero-order chi connectivity index (χ0) is 6.57. The molecule has 0 aromatic carbocycles. The van der Waals surface area contributed by atoms with Gasteiger partial charge >= 0.3 is 5.97 Å². The van der Waals surface area contributed by atoms with Crippen LogP contribution in [0.15, 0.2) is 4.99 Å². The van der Waals surface area contributed by atoms with Gasteiger partial charge in [0.05, 0.1) is 6.67 Å². The summed E-state index contributed by atoms with van der Waals surface area (Å²) in [5.41, 5.74) is 9.63. The molecule has 0 rings (SSSR count). The van der Waals surface area contributed by atoms with Crippen LogP contribution in [0.2, 0.25) is 0 Å².